The van der Waals surface area contributed by atoms with E-state index in [1.807, 2.05) is 12.1 Å². The fourth-order valence-electron chi connectivity index (χ4n) is 5.22. The lowest BCUT2D eigenvalue weighted by molar-refractivity contribution is 0.251. The first-order chi connectivity index (χ1) is 12.2. The summed E-state index contributed by atoms with van der Waals surface area (Å²) in [7, 11) is 0. The minimum absolute atomic E-state index is 0.305. The van der Waals surface area contributed by atoms with Crippen molar-refractivity contribution in [3.8, 4) is 0 Å². The Hall–Kier alpha value is -0.790. The van der Waals surface area contributed by atoms with Crippen LogP contribution in [0.5, 0.6) is 0 Å². The van der Waals surface area contributed by atoms with Gasteiger partial charge in [-0.2, -0.15) is 0 Å². The molecule has 3 unspecified atom stereocenters. The molecule has 0 saturated heterocycles. The van der Waals surface area contributed by atoms with Crippen molar-refractivity contribution < 1.29 is 0 Å². The predicted molar refractivity (Wildman–Crippen MR) is 113 cm³/mol. The van der Waals surface area contributed by atoms with Crippen molar-refractivity contribution >= 4 is 28.9 Å². The molecule has 3 atom stereocenters. The molecule has 0 aromatic heterocycles. The van der Waals surface area contributed by atoms with Gasteiger partial charge < -0.3 is 0 Å². The quantitative estimate of drug-likeness (QED) is 0.441. The molecule has 3 aliphatic rings. The molecule has 1 fully saturated rings. The van der Waals surface area contributed by atoms with Gasteiger partial charge in [-0.05, 0) is 60.1 Å². The van der Waals surface area contributed by atoms with E-state index in [2.05, 4.69) is 39.8 Å². The average Bonchev–Trinajstić information content (AvgIpc) is 2.54. The van der Waals surface area contributed by atoms with Gasteiger partial charge in [-0.15, -0.1) is 0 Å². The number of hydrogen-bond acceptors (Lipinski definition) is 1. The molecule has 26 heavy (non-hydrogen) atoms. The topological polar surface area (TPSA) is 12.4 Å². The third kappa shape index (κ3) is 3.27. The molecule has 1 heterocycles. The van der Waals surface area contributed by atoms with Gasteiger partial charge in [0.1, 0.15) is 0 Å². The summed E-state index contributed by atoms with van der Waals surface area (Å²) in [6, 6.07) is 6.42. The molecule has 0 radical (unpaired) electrons. The van der Waals surface area contributed by atoms with Crippen LogP contribution in [0, 0.1) is 16.7 Å². The second-order valence-corrected chi connectivity index (χ2v) is 10.8. The maximum absolute atomic E-state index is 6.70. The number of fused-ring (bicyclic) bond motifs is 2. The molecule has 1 aromatic rings. The monoisotopic (exact) mass is 389 g/mol. The summed E-state index contributed by atoms with van der Waals surface area (Å²) in [4.78, 5) is 5.32. The number of benzene rings is 1. The van der Waals surface area contributed by atoms with E-state index in [0.29, 0.717) is 33.7 Å². The van der Waals surface area contributed by atoms with Crippen molar-refractivity contribution in [3.63, 3.8) is 0 Å². The summed E-state index contributed by atoms with van der Waals surface area (Å²) >= 11 is 13.1. The zero-order valence-electron chi connectivity index (χ0n) is 16.3. The van der Waals surface area contributed by atoms with Crippen LogP contribution in [0.1, 0.15) is 71.3 Å². The van der Waals surface area contributed by atoms with Gasteiger partial charge in [-0.3, -0.25) is 4.99 Å². The van der Waals surface area contributed by atoms with Crippen LogP contribution >= 0.6 is 23.2 Å². The summed E-state index contributed by atoms with van der Waals surface area (Å²) in [5.74, 6) is 0.814. The Morgan fingerprint density at radius 3 is 2.62 bits per heavy atom. The van der Waals surface area contributed by atoms with Crippen molar-refractivity contribution in [1.29, 1.82) is 0 Å². The lowest BCUT2D eigenvalue weighted by Crippen LogP contribution is -2.42. The molecule has 3 heteroatoms. The van der Waals surface area contributed by atoms with Crippen molar-refractivity contribution in [2.24, 2.45) is 21.7 Å². The average molecular weight is 390 g/mol. The summed E-state index contributed by atoms with van der Waals surface area (Å²) in [6.45, 7) is 9.48. The van der Waals surface area contributed by atoms with E-state index in [4.69, 9.17) is 28.2 Å². The molecule has 2 aliphatic carbocycles. The molecule has 1 nitrogen and oxygen atoms in total. The van der Waals surface area contributed by atoms with Crippen molar-refractivity contribution in [1.82, 2.24) is 0 Å². The highest BCUT2D eigenvalue weighted by Gasteiger charge is 2.45. The molecule has 1 aromatic carbocycles. The van der Waals surface area contributed by atoms with E-state index in [-0.39, 0.29) is 0 Å². The van der Waals surface area contributed by atoms with Crippen LogP contribution in [0.15, 0.2) is 34.8 Å². The van der Waals surface area contributed by atoms with E-state index >= 15 is 0 Å². The van der Waals surface area contributed by atoms with Crippen molar-refractivity contribution in [3.05, 3.63) is 45.5 Å². The Kier molecular flexibility index (Phi) is 4.56. The van der Waals surface area contributed by atoms with Gasteiger partial charge in [-0.25, -0.2) is 0 Å². The van der Waals surface area contributed by atoms with Crippen LogP contribution in [0.4, 0.5) is 0 Å². The molecule has 0 amide bonds. The second-order valence-electron chi connectivity index (χ2n) is 10.0. The van der Waals surface area contributed by atoms with Crippen LogP contribution in [0.3, 0.4) is 0 Å². The zero-order chi connectivity index (χ0) is 18.7. The first-order valence-electron chi connectivity index (χ1n) is 9.87. The molecule has 0 N–H and O–H groups in total. The van der Waals surface area contributed by atoms with E-state index in [9.17, 15) is 0 Å². The van der Waals surface area contributed by atoms with Crippen LogP contribution in [0.25, 0.3) is 0 Å². The van der Waals surface area contributed by atoms with Gasteiger partial charge >= 0.3 is 0 Å². The fourth-order valence-corrected chi connectivity index (χ4v) is 5.65. The highest BCUT2D eigenvalue weighted by atomic mass is 35.5. The number of allylic oxidation sites excluding steroid dienone is 1. The standard InChI is InChI=1S/C23H29Cl2N/c1-22(2)10-8-14-18(12-22)26-19-13-23(3,4)11-9-15(19)20(14)16-6-5-7-17(24)21(16)25/h5-8,15,18,20H,9-13H2,1-4H3. The molecule has 0 bridgehead atoms. The minimum Gasteiger partial charge on any atom is -0.286 e. The molecule has 1 saturated carbocycles. The Labute approximate surface area is 167 Å². The molecule has 0 spiro atoms. The molecule has 140 valence electrons. The van der Waals surface area contributed by atoms with E-state index in [1.54, 1.807) is 0 Å². The van der Waals surface area contributed by atoms with Crippen LogP contribution in [0.2, 0.25) is 10.0 Å². The largest absolute Gasteiger partial charge is 0.286 e. The molecule has 1 aliphatic heterocycles. The van der Waals surface area contributed by atoms with Crippen molar-refractivity contribution in [2.45, 2.75) is 71.8 Å². The van der Waals surface area contributed by atoms with Gasteiger partial charge in [0.05, 0.1) is 16.1 Å². The fraction of sp³-hybridized carbons (Fsp3) is 0.609. The Morgan fingerprint density at radius 2 is 1.85 bits per heavy atom. The lowest BCUT2D eigenvalue weighted by Gasteiger charge is -2.47. The highest BCUT2D eigenvalue weighted by molar-refractivity contribution is 6.42. The van der Waals surface area contributed by atoms with Crippen molar-refractivity contribution in [2.75, 3.05) is 0 Å². The summed E-state index contributed by atoms with van der Waals surface area (Å²) in [5, 5.41) is 1.40. The number of nitrogens with zero attached hydrogens (tertiary/aromatic N) is 1. The SMILES string of the molecule is CC1(C)CCC2C(=NC3CC(C)(C)CC=C3C2c2cccc(Cl)c2Cl)C1. The number of aliphatic imine (C=N–C) groups is 1. The maximum Gasteiger partial charge on any atom is 0.0719 e. The minimum atomic E-state index is 0.305. The zero-order valence-corrected chi connectivity index (χ0v) is 17.8. The Bertz CT molecular complexity index is 787. The van der Waals surface area contributed by atoms with Gasteiger partial charge in [0, 0.05) is 17.5 Å². The molecular weight excluding hydrogens is 361 g/mol. The van der Waals surface area contributed by atoms with Gasteiger partial charge in [-0.1, -0.05) is 69.1 Å². The third-order valence-corrected chi connectivity index (χ3v) is 7.47. The Morgan fingerprint density at radius 1 is 1.08 bits per heavy atom. The first kappa shape index (κ1) is 18.6. The first-order valence-corrected chi connectivity index (χ1v) is 10.6. The Balaban J connectivity index is 1.84. The van der Waals surface area contributed by atoms with Gasteiger partial charge in [0.25, 0.3) is 0 Å². The van der Waals surface area contributed by atoms with E-state index in [1.165, 1.54) is 29.7 Å². The number of halogens is 2. The third-order valence-electron chi connectivity index (χ3n) is 6.64. The van der Waals surface area contributed by atoms with Crippen LogP contribution < -0.4 is 0 Å². The van der Waals surface area contributed by atoms with Crippen LogP contribution in [-0.2, 0) is 0 Å². The maximum atomic E-state index is 6.70. The normalized spacial score (nSPS) is 32.2. The molecule has 4 rings (SSSR count). The second kappa shape index (κ2) is 6.38. The van der Waals surface area contributed by atoms with Gasteiger partial charge in [0.15, 0.2) is 0 Å². The smallest absolute Gasteiger partial charge is 0.0719 e. The van der Waals surface area contributed by atoms with E-state index < -0.39 is 0 Å². The summed E-state index contributed by atoms with van der Waals surface area (Å²) < 4.78 is 0. The predicted octanol–water partition coefficient (Wildman–Crippen LogP) is 7.47. The highest BCUT2D eigenvalue weighted by Crippen LogP contribution is 2.53. The molecular formula is C23H29Cl2N. The summed E-state index contributed by atoms with van der Waals surface area (Å²) in [5.41, 5.74) is 4.78. The lowest BCUT2D eigenvalue weighted by atomic mass is 9.60. The number of hydrogen-bond donors (Lipinski definition) is 0. The van der Waals surface area contributed by atoms with Crippen LogP contribution in [-0.4, -0.2) is 11.8 Å². The van der Waals surface area contributed by atoms with E-state index in [0.717, 1.165) is 24.3 Å². The van der Waals surface area contributed by atoms with Gasteiger partial charge in [0.2, 0.25) is 0 Å². The summed E-state index contributed by atoms with van der Waals surface area (Å²) in [6.07, 6.45) is 8.26. The number of rotatable bonds is 1.